The van der Waals surface area contributed by atoms with Crippen LogP contribution in [0, 0.1) is 5.82 Å². The fourth-order valence-corrected chi connectivity index (χ4v) is 3.61. The molecule has 1 aromatic rings. The van der Waals surface area contributed by atoms with E-state index in [0.29, 0.717) is 19.0 Å². The number of ether oxygens (including phenoxy) is 1. The Morgan fingerprint density at radius 1 is 1.46 bits per heavy atom. The van der Waals surface area contributed by atoms with Crippen molar-refractivity contribution in [3.05, 3.63) is 24.1 Å². The Kier molecular flexibility index (Phi) is 5.01. The number of morpholine rings is 1. The number of hydrogen-bond acceptors (Lipinski definition) is 4. The number of anilines is 1. The SMILES string of the molecule is CN(C)C[C@H]1COC2(CCCC2)CN1C(=O)Nc1ccc(F)cn1. The molecular weight excluding hydrogens is 311 g/mol. The van der Waals surface area contributed by atoms with Gasteiger partial charge in [-0.1, -0.05) is 12.8 Å². The monoisotopic (exact) mass is 336 g/mol. The molecule has 1 saturated carbocycles. The van der Waals surface area contributed by atoms with Gasteiger partial charge in [0.15, 0.2) is 0 Å². The quantitative estimate of drug-likeness (QED) is 0.920. The van der Waals surface area contributed by atoms with Crippen LogP contribution in [0.1, 0.15) is 25.7 Å². The van der Waals surface area contributed by atoms with E-state index in [1.165, 1.54) is 12.1 Å². The molecule has 0 unspecified atom stereocenters. The summed E-state index contributed by atoms with van der Waals surface area (Å²) in [5.74, 6) is -0.0632. The molecule has 1 saturated heterocycles. The molecule has 2 fully saturated rings. The van der Waals surface area contributed by atoms with Crippen molar-refractivity contribution >= 4 is 11.8 Å². The third-order valence-corrected chi connectivity index (χ3v) is 4.80. The summed E-state index contributed by atoms with van der Waals surface area (Å²) in [5, 5.41) is 2.78. The molecule has 0 bridgehead atoms. The minimum Gasteiger partial charge on any atom is -0.371 e. The summed E-state index contributed by atoms with van der Waals surface area (Å²) in [4.78, 5) is 20.6. The van der Waals surface area contributed by atoms with Crippen molar-refractivity contribution in [2.24, 2.45) is 0 Å². The number of likely N-dealkylation sites (N-methyl/N-ethyl adjacent to an activating group) is 1. The lowest BCUT2D eigenvalue weighted by Gasteiger charge is -2.45. The number of nitrogens with zero attached hydrogens (tertiary/aromatic N) is 3. The Bertz CT molecular complexity index is 572. The Hall–Kier alpha value is -1.73. The molecule has 1 aromatic heterocycles. The molecule has 2 amide bonds. The highest BCUT2D eigenvalue weighted by Gasteiger charge is 2.44. The number of pyridine rings is 1. The smallest absolute Gasteiger partial charge is 0.323 e. The Morgan fingerprint density at radius 3 is 2.83 bits per heavy atom. The first-order chi connectivity index (χ1) is 11.5. The van der Waals surface area contributed by atoms with Crippen LogP contribution in [0.15, 0.2) is 18.3 Å². The highest BCUT2D eigenvalue weighted by atomic mass is 19.1. The molecule has 0 aromatic carbocycles. The first-order valence-corrected chi connectivity index (χ1v) is 8.45. The van der Waals surface area contributed by atoms with Gasteiger partial charge >= 0.3 is 6.03 Å². The minimum atomic E-state index is -0.422. The Labute approximate surface area is 142 Å². The summed E-state index contributed by atoms with van der Waals surface area (Å²) in [5.41, 5.74) is -0.198. The van der Waals surface area contributed by atoms with Crippen molar-refractivity contribution in [3.63, 3.8) is 0 Å². The summed E-state index contributed by atoms with van der Waals surface area (Å²) in [6.07, 6.45) is 5.39. The van der Waals surface area contributed by atoms with Crippen molar-refractivity contribution in [1.82, 2.24) is 14.8 Å². The fraction of sp³-hybridized carbons (Fsp3) is 0.647. The van der Waals surface area contributed by atoms with Gasteiger partial charge in [-0.25, -0.2) is 14.2 Å². The molecule has 1 N–H and O–H groups in total. The summed E-state index contributed by atoms with van der Waals surface area (Å²) in [7, 11) is 3.97. The molecule has 2 aliphatic rings. The average Bonchev–Trinajstić information content (AvgIpc) is 2.99. The first-order valence-electron chi connectivity index (χ1n) is 8.45. The normalized spacial score (nSPS) is 23.0. The van der Waals surface area contributed by atoms with Crippen LogP contribution in [0.5, 0.6) is 0 Å². The van der Waals surface area contributed by atoms with Gasteiger partial charge in [-0.15, -0.1) is 0 Å². The molecule has 1 atom stereocenters. The molecule has 7 heteroatoms. The van der Waals surface area contributed by atoms with Crippen molar-refractivity contribution < 1.29 is 13.9 Å². The first kappa shape index (κ1) is 17.1. The third kappa shape index (κ3) is 3.84. The second kappa shape index (κ2) is 7.03. The van der Waals surface area contributed by atoms with Crippen LogP contribution < -0.4 is 5.32 Å². The molecule has 6 nitrogen and oxygen atoms in total. The Balaban J connectivity index is 1.73. The van der Waals surface area contributed by atoms with Crippen LogP contribution in [0.4, 0.5) is 15.0 Å². The molecule has 24 heavy (non-hydrogen) atoms. The molecule has 1 aliphatic carbocycles. The van der Waals surface area contributed by atoms with Crippen LogP contribution in [-0.2, 0) is 4.74 Å². The van der Waals surface area contributed by atoms with Gasteiger partial charge in [-0.2, -0.15) is 0 Å². The van der Waals surface area contributed by atoms with E-state index in [4.69, 9.17) is 4.74 Å². The molecule has 2 heterocycles. The van der Waals surface area contributed by atoms with Gasteiger partial charge in [-0.05, 0) is 39.1 Å². The van der Waals surface area contributed by atoms with Crippen LogP contribution in [0.2, 0.25) is 0 Å². The van der Waals surface area contributed by atoms with E-state index in [1.54, 1.807) is 0 Å². The van der Waals surface area contributed by atoms with Crippen LogP contribution in [0.25, 0.3) is 0 Å². The van der Waals surface area contributed by atoms with Gasteiger partial charge in [0, 0.05) is 6.54 Å². The van der Waals surface area contributed by atoms with Crippen LogP contribution >= 0.6 is 0 Å². The van der Waals surface area contributed by atoms with E-state index in [-0.39, 0.29) is 17.7 Å². The van der Waals surface area contributed by atoms with Gasteiger partial charge < -0.3 is 14.5 Å². The van der Waals surface area contributed by atoms with Gasteiger partial charge in [0.2, 0.25) is 0 Å². The maximum Gasteiger partial charge on any atom is 0.323 e. The van der Waals surface area contributed by atoms with E-state index in [1.807, 2.05) is 19.0 Å². The second-order valence-electron chi connectivity index (χ2n) is 7.04. The van der Waals surface area contributed by atoms with Crippen molar-refractivity contribution in [2.75, 3.05) is 39.1 Å². The highest BCUT2D eigenvalue weighted by Crippen LogP contribution is 2.37. The predicted octanol–water partition coefficient (Wildman–Crippen LogP) is 2.33. The maximum atomic E-state index is 13.0. The number of aromatic nitrogens is 1. The summed E-state index contributed by atoms with van der Waals surface area (Å²) in [6.45, 7) is 1.88. The molecule has 132 valence electrons. The van der Waals surface area contributed by atoms with Gasteiger partial charge in [-0.3, -0.25) is 5.32 Å². The van der Waals surface area contributed by atoms with E-state index in [2.05, 4.69) is 15.2 Å². The summed E-state index contributed by atoms with van der Waals surface area (Å²) in [6, 6.07) is 2.56. The summed E-state index contributed by atoms with van der Waals surface area (Å²) < 4.78 is 19.1. The van der Waals surface area contributed by atoms with Crippen LogP contribution in [0.3, 0.4) is 0 Å². The molecular formula is C17H25FN4O2. The minimum absolute atomic E-state index is 0.00771. The zero-order chi connectivity index (χ0) is 17.2. The number of carbonyl (C=O) groups is 1. The molecule has 3 rings (SSSR count). The topological polar surface area (TPSA) is 57.7 Å². The summed E-state index contributed by atoms with van der Waals surface area (Å²) >= 11 is 0. The van der Waals surface area contributed by atoms with Crippen molar-refractivity contribution in [1.29, 1.82) is 0 Å². The number of halogens is 1. The maximum absolute atomic E-state index is 13.0. The zero-order valence-electron chi connectivity index (χ0n) is 14.3. The number of urea groups is 1. The van der Waals surface area contributed by atoms with Crippen molar-refractivity contribution in [3.8, 4) is 0 Å². The van der Waals surface area contributed by atoms with Gasteiger partial charge in [0.05, 0.1) is 31.0 Å². The zero-order valence-corrected chi connectivity index (χ0v) is 14.3. The fourth-order valence-electron chi connectivity index (χ4n) is 3.61. The lowest BCUT2D eigenvalue weighted by atomic mass is 9.97. The highest BCUT2D eigenvalue weighted by molar-refractivity contribution is 5.88. The lowest BCUT2D eigenvalue weighted by Crippen LogP contribution is -2.60. The predicted molar refractivity (Wildman–Crippen MR) is 89.4 cm³/mol. The van der Waals surface area contributed by atoms with Crippen LogP contribution in [-0.4, -0.2) is 66.2 Å². The average molecular weight is 336 g/mol. The molecule has 1 aliphatic heterocycles. The van der Waals surface area contributed by atoms with E-state index in [0.717, 1.165) is 38.4 Å². The van der Waals surface area contributed by atoms with Gasteiger partial charge in [0.1, 0.15) is 11.6 Å². The van der Waals surface area contributed by atoms with Gasteiger partial charge in [0.25, 0.3) is 0 Å². The van der Waals surface area contributed by atoms with Crippen molar-refractivity contribution in [2.45, 2.75) is 37.3 Å². The number of hydrogen-bond donors (Lipinski definition) is 1. The largest absolute Gasteiger partial charge is 0.371 e. The molecule has 1 spiro atoms. The van der Waals surface area contributed by atoms with E-state index in [9.17, 15) is 9.18 Å². The standard InChI is InChI=1S/C17H25FN4O2/c1-21(2)10-14-11-24-17(7-3-4-8-17)12-22(14)16(23)20-15-6-5-13(18)9-19-15/h5-6,9,14H,3-4,7-8,10-12H2,1-2H3,(H,19,20,23)/t14-/m0/s1. The van der Waals surface area contributed by atoms with E-state index < -0.39 is 5.82 Å². The second-order valence-corrected chi connectivity index (χ2v) is 7.04. The number of amides is 2. The lowest BCUT2D eigenvalue weighted by molar-refractivity contribution is -0.118. The number of nitrogens with one attached hydrogen (secondary N) is 1. The number of rotatable bonds is 3. The third-order valence-electron chi connectivity index (χ3n) is 4.80. The molecule has 0 radical (unpaired) electrons. The Morgan fingerprint density at radius 2 is 2.21 bits per heavy atom. The van der Waals surface area contributed by atoms with E-state index >= 15 is 0 Å². The number of carbonyl (C=O) groups excluding carboxylic acids is 1.